The molecule has 2 aromatic rings. The van der Waals surface area contributed by atoms with Crippen LogP contribution in [0.1, 0.15) is 23.6 Å². The number of ether oxygens (including phenoxy) is 1. The standard InChI is InChI=1S/C22H27N3O3/c1-17-9-10-20(28-2)19(15-17)23-22(27)21(18-7-4-3-5-8-18)25-12-6-11-24(16-26)13-14-25/h3-5,7-10,15-16,21H,6,11-14H2,1-2H3,(H,23,27)/t21-/m0/s1. The number of nitrogens with one attached hydrogen (secondary N) is 1. The van der Waals surface area contributed by atoms with Gasteiger partial charge in [0.05, 0.1) is 12.8 Å². The van der Waals surface area contributed by atoms with Crippen LogP contribution in [0.25, 0.3) is 0 Å². The van der Waals surface area contributed by atoms with E-state index in [0.717, 1.165) is 37.0 Å². The number of benzene rings is 2. The summed E-state index contributed by atoms with van der Waals surface area (Å²) in [6, 6.07) is 15.1. The number of carbonyl (C=O) groups is 2. The van der Waals surface area contributed by atoms with Gasteiger partial charge in [0.25, 0.3) is 0 Å². The molecular formula is C22H27N3O3. The van der Waals surface area contributed by atoms with Crippen molar-refractivity contribution in [1.82, 2.24) is 9.80 Å². The van der Waals surface area contributed by atoms with Gasteiger partial charge in [-0.05, 0) is 36.6 Å². The fourth-order valence-electron chi connectivity index (χ4n) is 3.60. The van der Waals surface area contributed by atoms with Gasteiger partial charge in [-0.2, -0.15) is 0 Å². The monoisotopic (exact) mass is 381 g/mol. The van der Waals surface area contributed by atoms with Crippen molar-refractivity contribution in [2.24, 2.45) is 0 Å². The third-order valence-electron chi connectivity index (χ3n) is 5.06. The molecule has 3 rings (SSSR count). The zero-order valence-corrected chi connectivity index (χ0v) is 16.4. The summed E-state index contributed by atoms with van der Waals surface area (Å²) in [6.45, 7) is 4.72. The first-order valence-corrected chi connectivity index (χ1v) is 9.56. The number of aryl methyl sites for hydroxylation is 1. The van der Waals surface area contributed by atoms with Crippen LogP contribution in [0.5, 0.6) is 5.75 Å². The highest BCUT2D eigenvalue weighted by Gasteiger charge is 2.29. The lowest BCUT2D eigenvalue weighted by atomic mass is 10.0. The summed E-state index contributed by atoms with van der Waals surface area (Å²) in [5.41, 5.74) is 2.65. The molecule has 1 aliphatic rings. The second-order valence-corrected chi connectivity index (χ2v) is 7.04. The number of anilines is 1. The molecule has 1 N–H and O–H groups in total. The van der Waals surface area contributed by atoms with Crippen LogP contribution in [0, 0.1) is 6.92 Å². The lowest BCUT2D eigenvalue weighted by Crippen LogP contribution is -2.39. The van der Waals surface area contributed by atoms with Crippen LogP contribution in [0.4, 0.5) is 5.69 Å². The Morgan fingerprint density at radius 1 is 1.11 bits per heavy atom. The molecule has 1 heterocycles. The molecule has 0 saturated carbocycles. The van der Waals surface area contributed by atoms with E-state index in [9.17, 15) is 9.59 Å². The highest BCUT2D eigenvalue weighted by atomic mass is 16.5. The third kappa shape index (κ3) is 4.70. The molecular weight excluding hydrogens is 354 g/mol. The van der Waals surface area contributed by atoms with E-state index in [4.69, 9.17) is 4.74 Å². The van der Waals surface area contributed by atoms with Crippen molar-refractivity contribution in [3.8, 4) is 5.75 Å². The summed E-state index contributed by atoms with van der Waals surface area (Å²) < 4.78 is 5.41. The minimum atomic E-state index is -0.432. The minimum absolute atomic E-state index is 0.102. The van der Waals surface area contributed by atoms with E-state index in [-0.39, 0.29) is 5.91 Å². The summed E-state index contributed by atoms with van der Waals surface area (Å²) in [5, 5.41) is 3.06. The van der Waals surface area contributed by atoms with Gasteiger partial charge in [-0.15, -0.1) is 0 Å². The quantitative estimate of drug-likeness (QED) is 0.782. The number of hydrogen-bond acceptors (Lipinski definition) is 4. The zero-order chi connectivity index (χ0) is 19.9. The maximum atomic E-state index is 13.4. The largest absolute Gasteiger partial charge is 0.495 e. The predicted octanol–water partition coefficient (Wildman–Crippen LogP) is 2.85. The van der Waals surface area contributed by atoms with Crippen molar-refractivity contribution in [1.29, 1.82) is 0 Å². The Morgan fingerprint density at radius 3 is 2.61 bits per heavy atom. The number of rotatable bonds is 6. The van der Waals surface area contributed by atoms with E-state index in [1.807, 2.05) is 55.5 Å². The number of carbonyl (C=O) groups excluding carboxylic acids is 2. The summed E-state index contributed by atoms with van der Waals surface area (Å²) in [5.74, 6) is 0.531. The van der Waals surface area contributed by atoms with Gasteiger partial charge in [0.15, 0.2) is 0 Å². The first-order chi connectivity index (χ1) is 13.6. The van der Waals surface area contributed by atoms with E-state index < -0.39 is 6.04 Å². The number of hydrogen-bond donors (Lipinski definition) is 1. The van der Waals surface area contributed by atoms with Gasteiger partial charge in [0, 0.05) is 26.2 Å². The topological polar surface area (TPSA) is 61.9 Å². The van der Waals surface area contributed by atoms with Crippen LogP contribution in [-0.2, 0) is 9.59 Å². The molecule has 6 heteroatoms. The Hall–Kier alpha value is -2.86. The van der Waals surface area contributed by atoms with Gasteiger partial charge < -0.3 is 15.0 Å². The van der Waals surface area contributed by atoms with Crippen LogP contribution in [-0.4, -0.2) is 55.4 Å². The summed E-state index contributed by atoms with van der Waals surface area (Å²) in [6.07, 6.45) is 1.72. The van der Waals surface area contributed by atoms with Gasteiger partial charge in [0.1, 0.15) is 11.8 Å². The highest BCUT2D eigenvalue weighted by Crippen LogP contribution is 2.29. The smallest absolute Gasteiger partial charge is 0.246 e. The molecule has 6 nitrogen and oxygen atoms in total. The Bertz CT molecular complexity index is 810. The average molecular weight is 381 g/mol. The van der Waals surface area contributed by atoms with E-state index in [2.05, 4.69) is 10.2 Å². The highest BCUT2D eigenvalue weighted by molar-refractivity contribution is 5.96. The Balaban J connectivity index is 1.88. The normalized spacial score (nSPS) is 16.1. The minimum Gasteiger partial charge on any atom is -0.495 e. The zero-order valence-electron chi connectivity index (χ0n) is 16.4. The Labute approximate surface area is 166 Å². The van der Waals surface area contributed by atoms with Crippen LogP contribution in [0.15, 0.2) is 48.5 Å². The molecule has 2 amide bonds. The van der Waals surface area contributed by atoms with Crippen LogP contribution < -0.4 is 10.1 Å². The van der Waals surface area contributed by atoms with Crippen molar-refractivity contribution in [2.45, 2.75) is 19.4 Å². The molecule has 1 saturated heterocycles. The van der Waals surface area contributed by atoms with Crippen LogP contribution >= 0.6 is 0 Å². The molecule has 1 atom stereocenters. The van der Waals surface area contributed by atoms with Crippen LogP contribution in [0.2, 0.25) is 0 Å². The van der Waals surface area contributed by atoms with E-state index in [0.29, 0.717) is 24.5 Å². The molecule has 2 aromatic carbocycles. The molecule has 28 heavy (non-hydrogen) atoms. The second kappa shape index (κ2) is 9.37. The van der Waals surface area contributed by atoms with Gasteiger partial charge >= 0.3 is 0 Å². The molecule has 0 aromatic heterocycles. The van der Waals surface area contributed by atoms with Crippen molar-refractivity contribution in [3.63, 3.8) is 0 Å². The van der Waals surface area contributed by atoms with E-state index in [1.165, 1.54) is 0 Å². The Morgan fingerprint density at radius 2 is 1.89 bits per heavy atom. The lowest BCUT2D eigenvalue weighted by molar-refractivity contribution is -0.121. The summed E-state index contributed by atoms with van der Waals surface area (Å²) in [4.78, 5) is 28.4. The molecule has 148 valence electrons. The molecule has 0 spiro atoms. The molecule has 0 unspecified atom stereocenters. The van der Waals surface area contributed by atoms with Gasteiger partial charge in [-0.3, -0.25) is 14.5 Å². The first-order valence-electron chi connectivity index (χ1n) is 9.56. The fraction of sp³-hybridized carbons (Fsp3) is 0.364. The lowest BCUT2D eigenvalue weighted by Gasteiger charge is -2.30. The Kier molecular flexibility index (Phi) is 6.66. The van der Waals surface area contributed by atoms with Gasteiger partial charge in [-0.1, -0.05) is 36.4 Å². The maximum absolute atomic E-state index is 13.4. The predicted molar refractivity (Wildman–Crippen MR) is 109 cm³/mol. The summed E-state index contributed by atoms with van der Waals surface area (Å²) in [7, 11) is 1.60. The number of nitrogens with zero attached hydrogens (tertiary/aromatic N) is 2. The molecule has 0 aliphatic carbocycles. The number of amides is 2. The molecule has 1 aliphatic heterocycles. The number of methoxy groups -OCH3 is 1. The van der Waals surface area contributed by atoms with Gasteiger partial charge in [0.2, 0.25) is 12.3 Å². The fourth-order valence-corrected chi connectivity index (χ4v) is 3.60. The van der Waals surface area contributed by atoms with Crippen molar-refractivity contribution >= 4 is 18.0 Å². The molecule has 0 bridgehead atoms. The second-order valence-electron chi connectivity index (χ2n) is 7.04. The van der Waals surface area contributed by atoms with Crippen molar-refractivity contribution in [3.05, 3.63) is 59.7 Å². The SMILES string of the molecule is COc1ccc(C)cc1NC(=O)[C@H](c1ccccc1)N1CCCN(C=O)CC1. The summed E-state index contributed by atoms with van der Waals surface area (Å²) >= 11 is 0. The van der Waals surface area contributed by atoms with E-state index in [1.54, 1.807) is 12.0 Å². The van der Waals surface area contributed by atoms with E-state index >= 15 is 0 Å². The van der Waals surface area contributed by atoms with Crippen LogP contribution in [0.3, 0.4) is 0 Å². The first kappa shape index (κ1) is 19.9. The van der Waals surface area contributed by atoms with Gasteiger partial charge in [-0.25, -0.2) is 0 Å². The maximum Gasteiger partial charge on any atom is 0.246 e. The third-order valence-corrected chi connectivity index (χ3v) is 5.06. The average Bonchev–Trinajstić information content (AvgIpc) is 2.95. The molecule has 1 fully saturated rings. The molecule has 0 radical (unpaired) electrons. The van der Waals surface area contributed by atoms with Crippen molar-refractivity contribution in [2.75, 3.05) is 38.6 Å². The van der Waals surface area contributed by atoms with Crippen molar-refractivity contribution < 1.29 is 14.3 Å².